The Kier molecular flexibility index (Phi) is 3.27. The van der Waals surface area contributed by atoms with Crippen LogP contribution in [0.25, 0.3) is 0 Å². The first-order chi connectivity index (χ1) is 7.25. The van der Waals surface area contributed by atoms with Crippen LogP contribution < -0.4 is 5.73 Å². The van der Waals surface area contributed by atoms with E-state index in [-0.39, 0.29) is 0 Å². The Hall–Kier alpha value is -1.02. The maximum atomic E-state index is 9.19. The lowest BCUT2D eigenvalue weighted by molar-refractivity contribution is 0.306. The molecule has 2 atom stereocenters. The first-order valence-electron chi connectivity index (χ1n) is 5.79. The first kappa shape index (κ1) is 10.5. The van der Waals surface area contributed by atoms with Crippen LogP contribution in [0.2, 0.25) is 0 Å². The predicted molar refractivity (Wildman–Crippen MR) is 61.7 cm³/mol. The molecule has 2 nitrogen and oxygen atoms in total. The Morgan fingerprint density at radius 3 is 2.47 bits per heavy atom. The molecule has 0 amide bonds. The third-order valence-corrected chi connectivity index (χ3v) is 3.40. The zero-order chi connectivity index (χ0) is 10.7. The highest BCUT2D eigenvalue weighted by atomic mass is 16.3. The highest BCUT2D eigenvalue weighted by Gasteiger charge is 2.21. The number of aromatic hydroxyl groups is 1. The topological polar surface area (TPSA) is 46.2 Å². The van der Waals surface area contributed by atoms with E-state index in [1.54, 1.807) is 12.1 Å². The fourth-order valence-corrected chi connectivity index (χ4v) is 2.42. The van der Waals surface area contributed by atoms with Crippen molar-refractivity contribution in [2.24, 2.45) is 11.7 Å². The largest absolute Gasteiger partial charge is 0.508 e. The van der Waals surface area contributed by atoms with Gasteiger partial charge in [0.1, 0.15) is 5.75 Å². The zero-order valence-corrected chi connectivity index (χ0v) is 9.02. The average molecular weight is 205 g/mol. The summed E-state index contributed by atoms with van der Waals surface area (Å²) in [7, 11) is 0. The highest BCUT2D eigenvalue weighted by molar-refractivity contribution is 5.26. The van der Waals surface area contributed by atoms with Gasteiger partial charge in [-0.1, -0.05) is 25.0 Å². The van der Waals surface area contributed by atoms with Gasteiger partial charge in [0, 0.05) is 6.04 Å². The molecule has 0 saturated heterocycles. The third-order valence-electron chi connectivity index (χ3n) is 3.40. The quantitative estimate of drug-likeness (QED) is 0.779. The van der Waals surface area contributed by atoms with Crippen molar-refractivity contribution in [1.29, 1.82) is 0 Å². The van der Waals surface area contributed by atoms with Crippen molar-refractivity contribution in [3.63, 3.8) is 0 Å². The van der Waals surface area contributed by atoms with E-state index in [0.29, 0.717) is 17.7 Å². The molecule has 82 valence electrons. The van der Waals surface area contributed by atoms with Crippen LogP contribution in [-0.4, -0.2) is 11.1 Å². The maximum Gasteiger partial charge on any atom is 0.115 e. The van der Waals surface area contributed by atoms with Gasteiger partial charge in [-0.25, -0.2) is 0 Å². The molecule has 0 bridgehead atoms. The maximum absolute atomic E-state index is 9.19. The molecule has 1 aliphatic rings. The Morgan fingerprint density at radius 2 is 1.80 bits per heavy atom. The van der Waals surface area contributed by atoms with E-state index in [2.05, 4.69) is 0 Å². The number of hydrogen-bond acceptors (Lipinski definition) is 2. The predicted octanol–water partition coefficient (Wildman–Crippen LogP) is 2.45. The van der Waals surface area contributed by atoms with Gasteiger partial charge in [-0.05, 0) is 42.9 Å². The van der Waals surface area contributed by atoms with E-state index < -0.39 is 0 Å². The van der Waals surface area contributed by atoms with Gasteiger partial charge >= 0.3 is 0 Å². The Balaban J connectivity index is 1.98. The van der Waals surface area contributed by atoms with Crippen LogP contribution in [-0.2, 0) is 6.42 Å². The van der Waals surface area contributed by atoms with Crippen LogP contribution in [0, 0.1) is 5.92 Å². The van der Waals surface area contributed by atoms with Crippen LogP contribution in [0.4, 0.5) is 0 Å². The van der Waals surface area contributed by atoms with Gasteiger partial charge in [0.2, 0.25) is 0 Å². The monoisotopic (exact) mass is 205 g/mol. The van der Waals surface area contributed by atoms with Crippen molar-refractivity contribution < 1.29 is 5.11 Å². The lowest BCUT2D eigenvalue weighted by atomic mass is 9.81. The van der Waals surface area contributed by atoms with Gasteiger partial charge in [-0.15, -0.1) is 0 Å². The minimum absolute atomic E-state index is 0.340. The van der Waals surface area contributed by atoms with E-state index in [0.717, 1.165) is 6.42 Å². The lowest BCUT2D eigenvalue weighted by Crippen LogP contribution is -2.34. The number of hydrogen-bond donors (Lipinski definition) is 2. The van der Waals surface area contributed by atoms with Crippen LogP contribution in [0.1, 0.15) is 31.2 Å². The molecule has 0 aromatic heterocycles. The second kappa shape index (κ2) is 4.67. The molecule has 1 aliphatic carbocycles. The molecule has 1 aromatic carbocycles. The van der Waals surface area contributed by atoms with E-state index in [1.807, 2.05) is 12.1 Å². The fraction of sp³-hybridized carbons (Fsp3) is 0.538. The van der Waals surface area contributed by atoms with Gasteiger partial charge < -0.3 is 10.8 Å². The number of phenols is 1. The molecule has 0 aliphatic heterocycles. The van der Waals surface area contributed by atoms with Crippen molar-refractivity contribution in [2.75, 3.05) is 0 Å². The van der Waals surface area contributed by atoms with Crippen LogP contribution in [0.15, 0.2) is 24.3 Å². The molecular formula is C13H19NO. The molecule has 2 rings (SSSR count). The molecule has 2 unspecified atom stereocenters. The number of nitrogens with two attached hydrogens (primary N) is 1. The molecule has 0 heterocycles. The van der Waals surface area contributed by atoms with Crippen molar-refractivity contribution in [2.45, 2.75) is 38.1 Å². The average Bonchev–Trinajstić information content (AvgIpc) is 2.25. The summed E-state index contributed by atoms with van der Waals surface area (Å²) in [5.41, 5.74) is 7.39. The second-order valence-corrected chi connectivity index (χ2v) is 4.58. The molecule has 3 N–H and O–H groups in total. The standard InChI is InChI=1S/C13H19NO/c14-13-4-2-1-3-11(13)9-10-5-7-12(15)8-6-10/h5-8,11,13,15H,1-4,9,14H2. The Morgan fingerprint density at radius 1 is 1.13 bits per heavy atom. The molecule has 1 saturated carbocycles. The summed E-state index contributed by atoms with van der Waals surface area (Å²) >= 11 is 0. The summed E-state index contributed by atoms with van der Waals surface area (Å²) in [6.45, 7) is 0. The van der Waals surface area contributed by atoms with Crippen molar-refractivity contribution in [1.82, 2.24) is 0 Å². The van der Waals surface area contributed by atoms with E-state index in [9.17, 15) is 5.11 Å². The molecule has 1 aromatic rings. The molecule has 0 radical (unpaired) electrons. The molecular weight excluding hydrogens is 186 g/mol. The zero-order valence-electron chi connectivity index (χ0n) is 9.02. The normalized spacial score (nSPS) is 26.5. The molecule has 0 spiro atoms. The van der Waals surface area contributed by atoms with Crippen molar-refractivity contribution >= 4 is 0 Å². The first-order valence-corrected chi connectivity index (χ1v) is 5.79. The van der Waals surface area contributed by atoms with Crippen LogP contribution in [0.5, 0.6) is 5.75 Å². The summed E-state index contributed by atoms with van der Waals surface area (Å²) in [5.74, 6) is 0.968. The van der Waals surface area contributed by atoms with E-state index in [1.165, 1.54) is 31.2 Å². The van der Waals surface area contributed by atoms with Crippen molar-refractivity contribution in [3.05, 3.63) is 29.8 Å². The van der Waals surface area contributed by atoms with Crippen molar-refractivity contribution in [3.8, 4) is 5.75 Å². The van der Waals surface area contributed by atoms with E-state index in [4.69, 9.17) is 5.73 Å². The van der Waals surface area contributed by atoms with Gasteiger partial charge in [0.25, 0.3) is 0 Å². The Bertz CT molecular complexity index is 307. The van der Waals surface area contributed by atoms with Gasteiger partial charge in [0.05, 0.1) is 0 Å². The number of phenolic OH excluding ortho intramolecular Hbond substituents is 1. The minimum Gasteiger partial charge on any atom is -0.508 e. The lowest BCUT2D eigenvalue weighted by Gasteiger charge is -2.28. The van der Waals surface area contributed by atoms with Gasteiger partial charge in [-0.2, -0.15) is 0 Å². The van der Waals surface area contributed by atoms with Gasteiger partial charge in [0.15, 0.2) is 0 Å². The van der Waals surface area contributed by atoms with Crippen LogP contribution >= 0.6 is 0 Å². The van der Waals surface area contributed by atoms with Crippen LogP contribution in [0.3, 0.4) is 0 Å². The van der Waals surface area contributed by atoms with E-state index >= 15 is 0 Å². The molecule has 1 fully saturated rings. The Labute approximate surface area is 91.1 Å². The molecule has 2 heteroatoms. The minimum atomic E-state index is 0.340. The highest BCUT2D eigenvalue weighted by Crippen LogP contribution is 2.26. The number of rotatable bonds is 2. The smallest absolute Gasteiger partial charge is 0.115 e. The summed E-state index contributed by atoms with van der Waals surface area (Å²) in [6.07, 6.45) is 6.08. The summed E-state index contributed by atoms with van der Waals surface area (Å²) < 4.78 is 0. The van der Waals surface area contributed by atoms with Gasteiger partial charge in [-0.3, -0.25) is 0 Å². The fourth-order valence-electron chi connectivity index (χ4n) is 2.42. The summed E-state index contributed by atoms with van der Waals surface area (Å²) in [4.78, 5) is 0. The summed E-state index contributed by atoms with van der Waals surface area (Å²) in [5, 5.41) is 9.19. The number of benzene rings is 1. The second-order valence-electron chi connectivity index (χ2n) is 4.58. The molecule has 15 heavy (non-hydrogen) atoms. The SMILES string of the molecule is NC1CCCCC1Cc1ccc(O)cc1. The summed E-state index contributed by atoms with van der Waals surface area (Å²) in [6, 6.07) is 7.87. The third kappa shape index (κ3) is 2.72.